The molecule has 4 rings (SSSR count). The smallest absolute Gasteiger partial charge is 0.172 e. The van der Waals surface area contributed by atoms with Gasteiger partial charge in [0.1, 0.15) is 5.75 Å². The molecule has 0 bridgehead atoms. The highest BCUT2D eigenvalue weighted by molar-refractivity contribution is 5.27. The average molecular weight is 348 g/mol. The lowest BCUT2D eigenvalue weighted by molar-refractivity contribution is -0.275. The van der Waals surface area contributed by atoms with E-state index < -0.39 is 5.79 Å². The summed E-state index contributed by atoms with van der Waals surface area (Å²) in [6, 6.07) is 7.82. The molecule has 5 heteroatoms. The zero-order valence-corrected chi connectivity index (χ0v) is 14.8. The molecule has 5 nitrogen and oxygen atoms in total. The second kappa shape index (κ2) is 6.88. The van der Waals surface area contributed by atoms with Crippen LogP contribution in [0.3, 0.4) is 0 Å². The first-order valence-electron chi connectivity index (χ1n) is 9.38. The predicted molar refractivity (Wildman–Crippen MR) is 92.3 cm³/mol. The maximum absolute atomic E-state index is 10.6. The zero-order valence-electron chi connectivity index (χ0n) is 14.8. The second-order valence-electron chi connectivity index (χ2n) is 7.75. The van der Waals surface area contributed by atoms with Gasteiger partial charge in [-0.15, -0.1) is 0 Å². The van der Waals surface area contributed by atoms with Crippen molar-refractivity contribution in [3.05, 3.63) is 29.8 Å². The molecule has 1 heterocycles. The van der Waals surface area contributed by atoms with Crippen molar-refractivity contribution in [1.82, 2.24) is 0 Å². The monoisotopic (exact) mass is 348 g/mol. The number of aliphatic hydroxyl groups excluding tert-OH is 2. The summed E-state index contributed by atoms with van der Waals surface area (Å²) < 4.78 is 16.8. The van der Waals surface area contributed by atoms with Crippen molar-refractivity contribution in [1.29, 1.82) is 0 Å². The molecule has 1 saturated heterocycles. The minimum atomic E-state index is -0.401. The van der Waals surface area contributed by atoms with E-state index in [0.29, 0.717) is 37.9 Å². The van der Waals surface area contributed by atoms with E-state index in [-0.39, 0.29) is 18.1 Å². The van der Waals surface area contributed by atoms with Crippen LogP contribution < -0.4 is 4.74 Å². The van der Waals surface area contributed by atoms with E-state index in [9.17, 15) is 10.2 Å². The second-order valence-corrected chi connectivity index (χ2v) is 7.75. The molecular weight excluding hydrogens is 320 g/mol. The number of benzene rings is 1. The quantitative estimate of drug-likeness (QED) is 0.824. The predicted octanol–water partition coefficient (Wildman–Crippen LogP) is 2.14. The van der Waals surface area contributed by atoms with Crippen LogP contribution in [0.2, 0.25) is 0 Å². The number of fused-ring (bicyclic) bond motifs is 2. The third-order valence-electron chi connectivity index (χ3n) is 6.36. The van der Waals surface area contributed by atoms with E-state index >= 15 is 0 Å². The van der Waals surface area contributed by atoms with Crippen LogP contribution in [0.1, 0.15) is 31.2 Å². The molecule has 1 aliphatic heterocycles. The van der Waals surface area contributed by atoms with Crippen LogP contribution in [-0.4, -0.2) is 48.5 Å². The minimum absolute atomic E-state index is 0.243. The molecule has 1 spiro atoms. The van der Waals surface area contributed by atoms with Gasteiger partial charge in [-0.2, -0.15) is 0 Å². The van der Waals surface area contributed by atoms with Crippen LogP contribution in [0, 0.1) is 17.8 Å². The molecular formula is C20H28O5. The maximum Gasteiger partial charge on any atom is 0.172 e. The molecule has 138 valence electrons. The Hall–Kier alpha value is -1.14. The van der Waals surface area contributed by atoms with Gasteiger partial charge in [0.2, 0.25) is 0 Å². The summed E-state index contributed by atoms with van der Waals surface area (Å²) in [7, 11) is 1.65. The van der Waals surface area contributed by atoms with Crippen molar-refractivity contribution in [2.45, 2.75) is 50.1 Å². The third-order valence-corrected chi connectivity index (χ3v) is 6.36. The highest BCUT2D eigenvalue weighted by atomic mass is 16.7. The Kier molecular flexibility index (Phi) is 4.75. The summed E-state index contributed by atoms with van der Waals surface area (Å²) in [6.07, 6.45) is 3.30. The fourth-order valence-electron chi connectivity index (χ4n) is 4.95. The summed E-state index contributed by atoms with van der Waals surface area (Å²) in [5, 5.41) is 20.9. The van der Waals surface area contributed by atoms with Gasteiger partial charge in [0.05, 0.1) is 32.5 Å². The molecule has 3 aliphatic rings. The van der Waals surface area contributed by atoms with Gasteiger partial charge in [-0.05, 0) is 55.2 Å². The van der Waals surface area contributed by atoms with E-state index in [2.05, 4.69) is 0 Å². The first-order valence-corrected chi connectivity index (χ1v) is 9.38. The van der Waals surface area contributed by atoms with E-state index in [1.54, 1.807) is 7.11 Å². The van der Waals surface area contributed by atoms with E-state index in [0.717, 1.165) is 30.6 Å². The molecule has 2 N–H and O–H groups in total. The molecule has 5 unspecified atom stereocenters. The Morgan fingerprint density at radius 1 is 1.24 bits per heavy atom. The highest BCUT2D eigenvalue weighted by Gasteiger charge is 2.64. The molecule has 1 aromatic carbocycles. The van der Waals surface area contributed by atoms with Crippen molar-refractivity contribution < 1.29 is 24.4 Å². The Morgan fingerprint density at radius 3 is 2.64 bits per heavy atom. The lowest BCUT2D eigenvalue weighted by Gasteiger charge is -2.48. The van der Waals surface area contributed by atoms with Crippen LogP contribution in [0.25, 0.3) is 0 Å². The van der Waals surface area contributed by atoms with Crippen molar-refractivity contribution in [2.75, 3.05) is 20.3 Å². The van der Waals surface area contributed by atoms with Crippen molar-refractivity contribution in [2.24, 2.45) is 17.8 Å². The van der Waals surface area contributed by atoms with Crippen LogP contribution >= 0.6 is 0 Å². The van der Waals surface area contributed by atoms with Gasteiger partial charge in [0.25, 0.3) is 0 Å². The Morgan fingerprint density at radius 2 is 1.96 bits per heavy atom. The van der Waals surface area contributed by atoms with Crippen LogP contribution in [0.4, 0.5) is 0 Å². The van der Waals surface area contributed by atoms with Gasteiger partial charge in [-0.3, -0.25) is 0 Å². The summed E-state index contributed by atoms with van der Waals surface area (Å²) in [5.74, 6) is 1.30. The highest BCUT2D eigenvalue weighted by Crippen LogP contribution is 2.59. The van der Waals surface area contributed by atoms with Gasteiger partial charge in [0.15, 0.2) is 5.79 Å². The Labute approximate surface area is 148 Å². The molecule has 25 heavy (non-hydrogen) atoms. The Bertz CT molecular complexity index is 580. The summed E-state index contributed by atoms with van der Waals surface area (Å²) in [4.78, 5) is 0. The van der Waals surface area contributed by atoms with E-state index in [4.69, 9.17) is 14.2 Å². The van der Waals surface area contributed by atoms with Crippen LogP contribution in [0.5, 0.6) is 5.75 Å². The Balaban J connectivity index is 1.26. The van der Waals surface area contributed by atoms with Crippen molar-refractivity contribution in [3.8, 4) is 5.75 Å². The number of rotatable bonds is 6. The first kappa shape index (κ1) is 17.3. The van der Waals surface area contributed by atoms with Gasteiger partial charge < -0.3 is 24.4 Å². The minimum Gasteiger partial charge on any atom is -0.497 e. The number of methoxy groups -OCH3 is 1. The lowest BCUT2D eigenvalue weighted by atomic mass is 9.69. The lowest BCUT2D eigenvalue weighted by Crippen LogP contribution is -2.54. The third kappa shape index (κ3) is 3.19. The number of aliphatic hydroxyl groups is 2. The summed E-state index contributed by atoms with van der Waals surface area (Å²) in [6.45, 7) is 1.34. The number of hydrogen-bond donors (Lipinski definition) is 2. The first-order chi connectivity index (χ1) is 12.1. The fraction of sp³-hybridized carbons (Fsp3) is 0.700. The van der Waals surface area contributed by atoms with Gasteiger partial charge in [-0.25, -0.2) is 0 Å². The molecule has 2 saturated carbocycles. The molecule has 0 amide bonds. The van der Waals surface area contributed by atoms with Crippen molar-refractivity contribution in [3.63, 3.8) is 0 Å². The van der Waals surface area contributed by atoms with Gasteiger partial charge in [0, 0.05) is 12.3 Å². The van der Waals surface area contributed by atoms with E-state index in [1.165, 1.54) is 0 Å². The SMILES string of the molecule is COc1ccc(CC(O)CCC2CC3C(CC34OCCO4)C2O)cc1. The normalized spacial score (nSPS) is 33.9. The van der Waals surface area contributed by atoms with Gasteiger partial charge >= 0.3 is 0 Å². The fourth-order valence-corrected chi connectivity index (χ4v) is 4.95. The van der Waals surface area contributed by atoms with Crippen LogP contribution in [0.15, 0.2) is 24.3 Å². The average Bonchev–Trinajstić information content (AvgIpc) is 3.20. The molecule has 0 radical (unpaired) electrons. The van der Waals surface area contributed by atoms with Gasteiger partial charge in [-0.1, -0.05) is 12.1 Å². The summed E-state index contributed by atoms with van der Waals surface area (Å²) >= 11 is 0. The number of ether oxygens (including phenoxy) is 3. The number of hydrogen-bond acceptors (Lipinski definition) is 5. The molecule has 1 aromatic rings. The molecule has 2 aliphatic carbocycles. The maximum atomic E-state index is 10.6. The standard InChI is InChI=1S/C20H28O5/c1-23-16-6-2-13(3-7-16)10-15(21)5-4-14-11-18-17(19(14)22)12-20(18)24-8-9-25-20/h2-3,6-7,14-15,17-19,21-22H,4-5,8-12H2,1H3. The molecule has 5 atom stereocenters. The largest absolute Gasteiger partial charge is 0.497 e. The molecule has 0 aromatic heterocycles. The zero-order chi connectivity index (χ0) is 17.4. The van der Waals surface area contributed by atoms with Crippen molar-refractivity contribution >= 4 is 0 Å². The summed E-state index contributed by atoms with van der Waals surface area (Å²) in [5.41, 5.74) is 1.10. The van der Waals surface area contributed by atoms with Crippen LogP contribution in [-0.2, 0) is 15.9 Å². The topological polar surface area (TPSA) is 68.2 Å². The molecule has 3 fully saturated rings. The van der Waals surface area contributed by atoms with E-state index in [1.807, 2.05) is 24.3 Å².